The fourth-order valence-corrected chi connectivity index (χ4v) is 2.90. The number of carbonyl (C=O) groups excluding carboxylic acids is 1. The number of amides is 1. The van der Waals surface area contributed by atoms with Crippen LogP contribution in [0.4, 0.5) is 20.2 Å². The van der Waals surface area contributed by atoms with E-state index in [-0.39, 0.29) is 17.1 Å². The molecule has 6 nitrogen and oxygen atoms in total. The lowest BCUT2D eigenvalue weighted by molar-refractivity contribution is -0.114. The summed E-state index contributed by atoms with van der Waals surface area (Å²) in [5.74, 6) is -2.04. The first-order valence-electron chi connectivity index (χ1n) is 7.21. The summed E-state index contributed by atoms with van der Waals surface area (Å²) in [6, 6.07) is 8.66. The number of rotatable bonds is 6. The predicted molar refractivity (Wildman–Crippen MR) is 90.8 cm³/mol. The Kier molecular flexibility index (Phi) is 5.70. The monoisotopic (exact) mass is 369 g/mol. The van der Waals surface area contributed by atoms with Crippen molar-refractivity contribution in [1.82, 2.24) is 4.31 Å². The highest BCUT2D eigenvalue weighted by Crippen LogP contribution is 2.18. The quantitative estimate of drug-likeness (QED) is 0.819. The Morgan fingerprint density at radius 1 is 1.12 bits per heavy atom. The maximum Gasteiger partial charge on any atom is 0.243 e. The van der Waals surface area contributed by atoms with Crippen molar-refractivity contribution < 1.29 is 22.0 Å². The number of anilines is 2. The van der Waals surface area contributed by atoms with Gasteiger partial charge in [0.25, 0.3) is 0 Å². The van der Waals surface area contributed by atoms with E-state index in [0.29, 0.717) is 5.69 Å². The van der Waals surface area contributed by atoms with Crippen molar-refractivity contribution in [3.8, 4) is 0 Å². The predicted octanol–water partition coefficient (Wildman–Crippen LogP) is 2.27. The number of hydrogen-bond acceptors (Lipinski definition) is 4. The fourth-order valence-electron chi connectivity index (χ4n) is 1.95. The largest absolute Gasteiger partial charge is 0.376 e. The molecule has 2 rings (SSSR count). The van der Waals surface area contributed by atoms with Crippen molar-refractivity contribution in [3.63, 3.8) is 0 Å². The second kappa shape index (κ2) is 7.58. The van der Waals surface area contributed by atoms with Gasteiger partial charge in [-0.05, 0) is 30.3 Å². The van der Waals surface area contributed by atoms with Gasteiger partial charge in [0.2, 0.25) is 15.9 Å². The van der Waals surface area contributed by atoms with Crippen molar-refractivity contribution in [3.05, 3.63) is 54.1 Å². The average Bonchev–Trinajstić information content (AvgIpc) is 2.56. The molecule has 134 valence electrons. The lowest BCUT2D eigenvalue weighted by atomic mass is 10.3. The summed E-state index contributed by atoms with van der Waals surface area (Å²) in [7, 11) is -0.769. The number of hydrogen-bond donors (Lipinski definition) is 2. The number of nitrogens with zero attached hydrogens (tertiary/aromatic N) is 1. The zero-order chi connectivity index (χ0) is 18.6. The third-order valence-electron chi connectivity index (χ3n) is 3.27. The first kappa shape index (κ1) is 18.8. The summed E-state index contributed by atoms with van der Waals surface area (Å²) in [5.41, 5.74) is 0.133. The molecule has 2 aromatic rings. The molecule has 0 saturated carbocycles. The first-order chi connectivity index (χ1) is 11.7. The molecule has 0 bridgehead atoms. The maximum atomic E-state index is 13.5. The van der Waals surface area contributed by atoms with E-state index in [9.17, 15) is 22.0 Å². The Balaban J connectivity index is 2.04. The minimum absolute atomic E-state index is 0.0686. The summed E-state index contributed by atoms with van der Waals surface area (Å²) < 4.78 is 51.8. The molecule has 1 amide bonds. The summed E-state index contributed by atoms with van der Waals surface area (Å²) in [5, 5.41) is 4.98. The van der Waals surface area contributed by atoms with E-state index < -0.39 is 27.6 Å². The van der Waals surface area contributed by atoms with Crippen LogP contribution in [0, 0.1) is 11.6 Å². The smallest absolute Gasteiger partial charge is 0.243 e. The molecule has 0 aliphatic rings. The summed E-state index contributed by atoms with van der Waals surface area (Å²) in [4.78, 5) is 11.9. The van der Waals surface area contributed by atoms with Crippen LogP contribution >= 0.6 is 0 Å². The first-order valence-corrected chi connectivity index (χ1v) is 8.65. The van der Waals surface area contributed by atoms with Gasteiger partial charge >= 0.3 is 0 Å². The van der Waals surface area contributed by atoms with Gasteiger partial charge in [0.1, 0.15) is 11.6 Å². The lowest BCUT2D eigenvalue weighted by Crippen LogP contribution is -2.23. The van der Waals surface area contributed by atoms with Gasteiger partial charge in [-0.1, -0.05) is 6.07 Å². The van der Waals surface area contributed by atoms with Gasteiger partial charge in [-0.25, -0.2) is 21.5 Å². The van der Waals surface area contributed by atoms with Crippen LogP contribution in [0.5, 0.6) is 0 Å². The molecule has 0 heterocycles. The zero-order valence-electron chi connectivity index (χ0n) is 13.6. The molecular weight excluding hydrogens is 352 g/mol. The topological polar surface area (TPSA) is 78.5 Å². The third-order valence-corrected chi connectivity index (χ3v) is 5.08. The van der Waals surface area contributed by atoms with Crippen LogP contribution in [-0.2, 0) is 14.8 Å². The molecule has 0 saturated heterocycles. The number of nitrogens with one attached hydrogen (secondary N) is 2. The van der Waals surface area contributed by atoms with Crippen LogP contribution in [0.15, 0.2) is 47.4 Å². The second-order valence-electron chi connectivity index (χ2n) is 5.34. The van der Waals surface area contributed by atoms with E-state index in [4.69, 9.17) is 0 Å². The minimum atomic E-state index is -3.60. The lowest BCUT2D eigenvalue weighted by Gasteiger charge is -2.13. The van der Waals surface area contributed by atoms with E-state index in [1.807, 2.05) is 0 Å². The highest BCUT2D eigenvalue weighted by molar-refractivity contribution is 7.89. The van der Waals surface area contributed by atoms with Crippen LogP contribution in [0.1, 0.15) is 0 Å². The van der Waals surface area contributed by atoms with Crippen LogP contribution < -0.4 is 10.6 Å². The van der Waals surface area contributed by atoms with Gasteiger partial charge in [-0.2, -0.15) is 0 Å². The standard InChI is InChI=1S/C16H17F2N3O3S/c1-21(2)25(23,24)13-5-3-4-12(9-13)19-10-16(22)20-15-8-11(17)6-7-14(15)18/h3-9,19H,10H2,1-2H3,(H,20,22). The molecule has 0 spiro atoms. The van der Waals surface area contributed by atoms with Gasteiger partial charge in [-0.15, -0.1) is 0 Å². The van der Waals surface area contributed by atoms with E-state index in [0.717, 1.165) is 22.5 Å². The summed E-state index contributed by atoms with van der Waals surface area (Å²) >= 11 is 0. The van der Waals surface area contributed by atoms with Gasteiger partial charge in [0.15, 0.2) is 0 Å². The molecular formula is C16H17F2N3O3S. The van der Waals surface area contributed by atoms with Crippen molar-refractivity contribution in [2.45, 2.75) is 4.90 Å². The van der Waals surface area contributed by atoms with Gasteiger partial charge < -0.3 is 10.6 Å². The fraction of sp³-hybridized carbons (Fsp3) is 0.188. The van der Waals surface area contributed by atoms with E-state index >= 15 is 0 Å². The highest BCUT2D eigenvalue weighted by Gasteiger charge is 2.17. The third kappa shape index (κ3) is 4.74. The number of benzene rings is 2. The Morgan fingerprint density at radius 3 is 2.52 bits per heavy atom. The molecule has 0 unspecified atom stereocenters. The van der Waals surface area contributed by atoms with E-state index in [1.54, 1.807) is 6.07 Å². The SMILES string of the molecule is CN(C)S(=O)(=O)c1cccc(NCC(=O)Nc2cc(F)ccc2F)c1. The van der Waals surface area contributed by atoms with Gasteiger partial charge in [0.05, 0.1) is 17.1 Å². The molecule has 0 aromatic heterocycles. The number of carbonyl (C=O) groups is 1. The molecule has 0 aliphatic carbocycles. The van der Waals surface area contributed by atoms with Gasteiger partial charge in [-0.3, -0.25) is 4.79 Å². The average molecular weight is 369 g/mol. The molecule has 0 atom stereocenters. The van der Waals surface area contributed by atoms with Crippen LogP contribution in [0.25, 0.3) is 0 Å². The van der Waals surface area contributed by atoms with Crippen molar-refractivity contribution in [2.24, 2.45) is 0 Å². The van der Waals surface area contributed by atoms with Crippen LogP contribution in [-0.4, -0.2) is 39.3 Å². The Morgan fingerprint density at radius 2 is 1.84 bits per heavy atom. The normalized spacial score (nSPS) is 11.4. The molecule has 2 N–H and O–H groups in total. The van der Waals surface area contributed by atoms with E-state index in [2.05, 4.69) is 10.6 Å². The molecule has 0 aliphatic heterocycles. The second-order valence-corrected chi connectivity index (χ2v) is 7.49. The Hall–Kier alpha value is -2.52. The van der Waals surface area contributed by atoms with Gasteiger partial charge in [0, 0.05) is 25.8 Å². The Bertz CT molecular complexity index is 886. The highest BCUT2D eigenvalue weighted by atomic mass is 32.2. The maximum absolute atomic E-state index is 13.5. The van der Waals surface area contributed by atoms with Crippen LogP contribution in [0.3, 0.4) is 0 Å². The minimum Gasteiger partial charge on any atom is -0.376 e. The number of halogens is 2. The zero-order valence-corrected chi connectivity index (χ0v) is 14.4. The molecule has 0 fully saturated rings. The number of sulfonamides is 1. The molecule has 25 heavy (non-hydrogen) atoms. The van der Waals surface area contributed by atoms with E-state index in [1.165, 1.54) is 32.3 Å². The Labute approximate surface area is 144 Å². The summed E-state index contributed by atoms with van der Waals surface area (Å²) in [6.07, 6.45) is 0. The van der Waals surface area contributed by atoms with Crippen molar-refractivity contribution in [2.75, 3.05) is 31.3 Å². The van der Waals surface area contributed by atoms with Crippen molar-refractivity contribution in [1.29, 1.82) is 0 Å². The summed E-state index contributed by atoms with van der Waals surface area (Å²) in [6.45, 7) is -0.249. The molecule has 9 heteroatoms. The van der Waals surface area contributed by atoms with Crippen molar-refractivity contribution >= 4 is 27.3 Å². The van der Waals surface area contributed by atoms with Crippen LogP contribution in [0.2, 0.25) is 0 Å². The molecule has 2 aromatic carbocycles. The molecule has 0 radical (unpaired) electrons.